The van der Waals surface area contributed by atoms with Gasteiger partial charge < -0.3 is 31.3 Å². The third kappa shape index (κ3) is 4.10. The first kappa shape index (κ1) is 16.8. The molecule has 0 aliphatic rings. The van der Waals surface area contributed by atoms with Crippen LogP contribution in [0.4, 0.5) is 22.7 Å². The van der Waals surface area contributed by atoms with Crippen molar-refractivity contribution in [2.24, 2.45) is 0 Å². The molecule has 2 atom stereocenters. The second kappa shape index (κ2) is 6.95. The van der Waals surface area contributed by atoms with Gasteiger partial charge in [-0.2, -0.15) is 0 Å². The Hall–Kier alpha value is -2.26. The number of benzene rings is 1. The topological polar surface area (TPSA) is 140 Å². The minimum absolute atomic E-state index is 0.0556. The van der Waals surface area contributed by atoms with Crippen LogP contribution in [0.5, 0.6) is 5.75 Å². The fourth-order valence-electron chi connectivity index (χ4n) is 1.89. The number of phenolic OH excluding ortho intramolecular Hbond substituents is 1. The Balaban J connectivity index is 3.55. The minimum atomic E-state index is -1.07. The maximum atomic E-state index is 11.3. The van der Waals surface area contributed by atoms with Gasteiger partial charge in [0.2, 0.25) is 0 Å². The molecule has 0 aliphatic heterocycles. The van der Waals surface area contributed by atoms with Gasteiger partial charge in [-0.1, -0.05) is 0 Å². The third-order valence-electron chi connectivity index (χ3n) is 2.53. The highest BCUT2D eigenvalue weighted by atomic mass is 16.6. The first-order valence-corrected chi connectivity index (χ1v) is 6.45. The normalized spacial score (nSPS) is 13.4. The number of hydrogen-bond donors (Lipinski definition) is 6. The van der Waals surface area contributed by atoms with Gasteiger partial charge in [0.1, 0.15) is 35.3 Å². The van der Waals surface area contributed by atoms with Crippen LogP contribution < -0.4 is 16.0 Å². The molecule has 0 aliphatic carbocycles. The average molecular weight is 300 g/mol. The van der Waals surface area contributed by atoms with Crippen LogP contribution in [0.15, 0.2) is 6.07 Å². The molecule has 1 aromatic carbocycles. The zero-order valence-corrected chi connectivity index (χ0v) is 12.0. The molecule has 0 aromatic heterocycles. The third-order valence-corrected chi connectivity index (χ3v) is 2.53. The Morgan fingerprint density at radius 1 is 1.24 bits per heavy atom. The van der Waals surface area contributed by atoms with E-state index in [-0.39, 0.29) is 28.5 Å². The molecule has 21 heavy (non-hydrogen) atoms. The van der Waals surface area contributed by atoms with Crippen LogP contribution in [-0.2, 0) is 0 Å². The zero-order valence-electron chi connectivity index (χ0n) is 12.0. The highest BCUT2D eigenvalue weighted by Crippen LogP contribution is 2.45. The molecular formula is C12H20N4O5. The molecule has 6 N–H and O–H groups in total. The van der Waals surface area contributed by atoms with Crippen LogP contribution in [0.2, 0.25) is 0 Å². The number of nitrogens with zero attached hydrogens (tertiary/aromatic N) is 1. The molecule has 0 saturated carbocycles. The van der Waals surface area contributed by atoms with Gasteiger partial charge in [0, 0.05) is 12.6 Å². The molecule has 0 amide bonds. The Kier molecular flexibility index (Phi) is 5.56. The Labute approximate surface area is 121 Å². The van der Waals surface area contributed by atoms with Crippen molar-refractivity contribution < 1.29 is 20.2 Å². The van der Waals surface area contributed by atoms with E-state index in [1.54, 1.807) is 6.92 Å². The van der Waals surface area contributed by atoms with E-state index in [0.717, 1.165) is 6.07 Å². The SMILES string of the molecule is CCNc1c(O)cc(NC(C)O)c([N+](=O)[O-])c1NC(C)O. The second-order valence-electron chi connectivity index (χ2n) is 4.47. The summed E-state index contributed by atoms with van der Waals surface area (Å²) < 4.78 is 0. The molecule has 0 saturated heterocycles. The lowest BCUT2D eigenvalue weighted by Gasteiger charge is -2.19. The molecule has 1 aromatic rings. The molecular weight excluding hydrogens is 280 g/mol. The van der Waals surface area contributed by atoms with Crippen molar-refractivity contribution in [3.63, 3.8) is 0 Å². The van der Waals surface area contributed by atoms with Gasteiger partial charge in [0.25, 0.3) is 0 Å². The number of phenols is 1. The van der Waals surface area contributed by atoms with Gasteiger partial charge in [-0.25, -0.2) is 0 Å². The van der Waals surface area contributed by atoms with Crippen molar-refractivity contribution in [2.45, 2.75) is 33.2 Å². The lowest BCUT2D eigenvalue weighted by molar-refractivity contribution is -0.383. The van der Waals surface area contributed by atoms with Crippen LogP contribution in [0.3, 0.4) is 0 Å². The van der Waals surface area contributed by atoms with Crippen LogP contribution >= 0.6 is 0 Å². The van der Waals surface area contributed by atoms with E-state index >= 15 is 0 Å². The highest BCUT2D eigenvalue weighted by Gasteiger charge is 2.27. The van der Waals surface area contributed by atoms with E-state index in [0.29, 0.717) is 6.54 Å². The maximum Gasteiger partial charge on any atom is 0.317 e. The van der Waals surface area contributed by atoms with Crippen LogP contribution in [-0.4, -0.2) is 39.2 Å². The monoisotopic (exact) mass is 300 g/mol. The Morgan fingerprint density at radius 3 is 2.24 bits per heavy atom. The number of aromatic hydroxyl groups is 1. The summed E-state index contributed by atoms with van der Waals surface area (Å²) in [5, 5.41) is 48.0. The van der Waals surface area contributed by atoms with E-state index in [9.17, 15) is 25.4 Å². The molecule has 118 valence electrons. The summed E-state index contributed by atoms with van der Waals surface area (Å²) in [7, 11) is 0. The minimum Gasteiger partial charge on any atom is -0.506 e. The summed E-state index contributed by atoms with van der Waals surface area (Å²) in [6, 6.07) is 1.15. The lowest BCUT2D eigenvalue weighted by Crippen LogP contribution is -2.19. The van der Waals surface area contributed by atoms with E-state index in [1.165, 1.54) is 13.8 Å². The highest BCUT2D eigenvalue weighted by molar-refractivity contribution is 5.91. The first-order valence-electron chi connectivity index (χ1n) is 6.45. The van der Waals surface area contributed by atoms with Crippen molar-refractivity contribution in [3.05, 3.63) is 16.2 Å². The second-order valence-corrected chi connectivity index (χ2v) is 4.47. The van der Waals surface area contributed by atoms with Gasteiger partial charge in [-0.15, -0.1) is 0 Å². The Bertz CT molecular complexity index is 519. The maximum absolute atomic E-state index is 11.3. The van der Waals surface area contributed by atoms with Crippen LogP contribution in [0.25, 0.3) is 0 Å². The smallest absolute Gasteiger partial charge is 0.317 e. The van der Waals surface area contributed by atoms with Gasteiger partial charge in [0.05, 0.1) is 4.92 Å². The van der Waals surface area contributed by atoms with Crippen molar-refractivity contribution in [1.29, 1.82) is 0 Å². The summed E-state index contributed by atoms with van der Waals surface area (Å²) in [4.78, 5) is 10.7. The number of nitrogens with one attached hydrogen (secondary N) is 3. The van der Waals surface area contributed by atoms with Gasteiger partial charge >= 0.3 is 5.69 Å². The Morgan fingerprint density at radius 2 is 1.81 bits per heavy atom. The molecule has 2 unspecified atom stereocenters. The predicted octanol–water partition coefficient (Wildman–Crippen LogP) is 1.23. The van der Waals surface area contributed by atoms with E-state index < -0.39 is 17.4 Å². The molecule has 0 radical (unpaired) electrons. The molecule has 0 heterocycles. The summed E-state index contributed by atoms with van der Waals surface area (Å²) >= 11 is 0. The molecule has 0 bridgehead atoms. The van der Waals surface area contributed by atoms with Crippen molar-refractivity contribution in [2.75, 3.05) is 22.5 Å². The number of hydrogen-bond acceptors (Lipinski definition) is 8. The van der Waals surface area contributed by atoms with Crippen LogP contribution in [0, 0.1) is 10.1 Å². The van der Waals surface area contributed by atoms with Crippen molar-refractivity contribution in [3.8, 4) is 5.75 Å². The summed E-state index contributed by atoms with van der Waals surface area (Å²) in [5.74, 6) is -0.242. The predicted molar refractivity (Wildman–Crippen MR) is 79.5 cm³/mol. The fourth-order valence-corrected chi connectivity index (χ4v) is 1.89. The fraction of sp³-hybridized carbons (Fsp3) is 0.500. The quantitative estimate of drug-likeness (QED) is 0.191. The molecule has 0 fully saturated rings. The van der Waals surface area contributed by atoms with E-state index in [4.69, 9.17) is 0 Å². The first-order chi connectivity index (χ1) is 9.77. The number of nitro groups is 1. The number of aliphatic hydroxyl groups excluding tert-OH is 2. The summed E-state index contributed by atoms with van der Waals surface area (Å²) in [6.45, 7) is 4.97. The largest absolute Gasteiger partial charge is 0.506 e. The standard InChI is InChI=1S/C12H20N4O5/c1-4-13-10-9(19)5-8(14-6(2)17)12(16(20)21)11(10)15-7(3)18/h5-7,13-15,17-19H,4H2,1-3H3. The van der Waals surface area contributed by atoms with Crippen LogP contribution in [0.1, 0.15) is 20.8 Å². The molecule has 1 rings (SSSR count). The average Bonchev–Trinajstić information content (AvgIpc) is 2.31. The number of anilines is 3. The van der Waals surface area contributed by atoms with Gasteiger partial charge in [0.15, 0.2) is 0 Å². The molecule has 9 nitrogen and oxygen atoms in total. The number of aliphatic hydroxyl groups is 2. The van der Waals surface area contributed by atoms with Crippen molar-refractivity contribution in [1.82, 2.24) is 0 Å². The van der Waals surface area contributed by atoms with E-state index in [2.05, 4.69) is 16.0 Å². The lowest BCUT2D eigenvalue weighted by atomic mass is 10.1. The summed E-state index contributed by atoms with van der Waals surface area (Å²) in [6.07, 6.45) is -2.12. The van der Waals surface area contributed by atoms with E-state index in [1.807, 2.05) is 0 Å². The van der Waals surface area contributed by atoms with Crippen molar-refractivity contribution >= 4 is 22.7 Å². The molecule has 9 heteroatoms. The zero-order chi connectivity index (χ0) is 16.2. The number of nitro benzene ring substituents is 1. The molecule has 0 spiro atoms. The number of rotatable bonds is 7. The summed E-state index contributed by atoms with van der Waals surface area (Å²) in [5.41, 5.74) is -0.385. The van der Waals surface area contributed by atoms with Gasteiger partial charge in [-0.05, 0) is 20.8 Å². The van der Waals surface area contributed by atoms with Gasteiger partial charge in [-0.3, -0.25) is 10.1 Å².